The standard InChI is InChI=1S/C29H38N2O5/c1-6-27(4)14-22(36-26(35)31-15-18-13-19(30)7-8-20(18)25(31)34)28(5)16(2)9-11-29(17(3)24(27)33)12-10-21(32)23(28)29/h6-8,13,16-17,22-24,33H,1,9-12,14-15,30H2,2-5H3/t16-,17+,22-,23+,24+,27-,28+,29+/m1/s1. The zero-order valence-electron chi connectivity index (χ0n) is 21.8. The van der Waals surface area contributed by atoms with E-state index in [2.05, 4.69) is 27.4 Å². The Bertz CT molecular complexity index is 1150. The third kappa shape index (κ3) is 3.24. The van der Waals surface area contributed by atoms with Crippen LogP contribution in [0.1, 0.15) is 75.7 Å². The Balaban J connectivity index is 1.55. The summed E-state index contributed by atoms with van der Waals surface area (Å²) in [6.45, 7) is 12.4. The van der Waals surface area contributed by atoms with Crippen molar-refractivity contribution in [3.8, 4) is 0 Å². The number of nitrogens with two attached hydrogens (primary N) is 1. The summed E-state index contributed by atoms with van der Waals surface area (Å²) in [6, 6.07) is 4.99. The van der Waals surface area contributed by atoms with Crippen LogP contribution in [-0.2, 0) is 16.1 Å². The molecule has 5 rings (SSSR count). The Morgan fingerprint density at radius 1 is 1.25 bits per heavy atom. The fraction of sp³-hybridized carbons (Fsp3) is 0.621. The lowest BCUT2D eigenvalue weighted by Gasteiger charge is -2.61. The number of carbonyl (C=O) groups excluding carboxylic acids is 3. The first-order valence-corrected chi connectivity index (χ1v) is 13.1. The number of nitrogens with zero attached hydrogens (tertiary/aromatic N) is 1. The van der Waals surface area contributed by atoms with Crippen LogP contribution in [-0.4, -0.2) is 40.0 Å². The van der Waals surface area contributed by atoms with Crippen molar-refractivity contribution in [1.82, 2.24) is 4.90 Å². The van der Waals surface area contributed by atoms with Gasteiger partial charge in [-0.15, -0.1) is 6.58 Å². The van der Waals surface area contributed by atoms with Crippen molar-refractivity contribution in [3.63, 3.8) is 0 Å². The molecule has 7 heteroatoms. The monoisotopic (exact) mass is 494 g/mol. The van der Waals surface area contributed by atoms with Gasteiger partial charge in [-0.3, -0.25) is 9.59 Å². The lowest BCUT2D eigenvalue weighted by Crippen LogP contribution is -2.63. The van der Waals surface area contributed by atoms with Gasteiger partial charge in [0.25, 0.3) is 5.91 Å². The zero-order chi connectivity index (χ0) is 26.2. The van der Waals surface area contributed by atoms with Crippen molar-refractivity contribution in [2.75, 3.05) is 5.73 Å². The fourth-order valence-corrected chi connectivity index (χ4v) is 8.17. The minimum Gasteiger partial charge on any atom is -0.445 e. The van der Waals surface area contributed by atoms with E-state index in [1.807, 2.05) is 6.92 Å². The SMILES string of the molecule is C=C[C@]1(C)C[C@@H](OC(=O)N2Cc3cc(N)ccc3C2=O)[C@]2(C)[C@H](C)CC[C@]3(CCC(=O)[C@H]32)[C@@H](C)[C@@H]1O. The summed E-state index contributed by atoms with van der Waals surface area (Å²) in [7, 11) is 0. The van der Waals surface area contributed by atoms with Crippen LogP contribution in [0.25, 0.3) is 0 Å². The molecule has 3 fully saturated rings. The quantitative estimate of drug-likeness (QED) is 0.455. The molecule has 0 spiro atoms. The summed E-state index contributed by atoms with van der Waals surface area (Å²) >= 11 is 0. The molecule has 2 bridgehead atoms. The van der Waals surface area contributed by atoms with Gasteiger partial charge in [0, 0.05) is 34.4 Å². The van der Waals surface area contributed by atoms with Gasteiger partial charge in [-0.2, -0.15) is 0 Å². The van der Waals surface area contributed by atoms with Gasteiger partial charge in [0.2, 0.25) is 0 Å². The molecule has 36 heavy (non-hydrogen) atoms. The van der Waals surface area contributed by atoms with Crippen molar-refractivity contribution >= 4 is 23.5 Å². The predicted molar refractivity (Wildman–Crippen MR) is 136 cm³/mol. The van der Waals surface area contributed by atoms with E-state index < -0.39 is 35.0 Å². The van der Waals surface area contributed by atoms with E-state index in [0.717, 1.165) is 24.2 Å². The molecular weight excluding hydrogens is 456 g/mol. The van der Waals surface area contributed by atoms with Crippen LogP contribution in [0.2, 0.25) is 0 Å². The number of amides is 2. The van der Waals surface area contributed by atoms with Crippen LogP contribution in [0, 0.1) is 34.0 Å². The third-order valence-electron chi connectivity index (χ3n) is 10.7. The molecule has 4 aliphatic rings. The zero-order valence-corrected chi connectivity index (χ0v) is 21.8. The maximum absolute atomic E-state index is 13.6. The molecule has 0 unspecified atom stereocenters. The molecule has 1 aliphatic heterocycles. The van der Waals surface area contributed by atoms with Gasteiger partial charge < -0.3 is 15.6 Å². The van der Waals surface area contributed by atoms with E-state index in [0.29, 0.717) is 29.7 Å². The van der Waals surface area contributed by atoms with Gasteiger partial charge >= 0.3 is 6.09 Å². The second-order valence-corrected chi connectivity index (χ2v) is 12.3. The summed E-state index contributed by atoms with van der Waals surface area (Å²) in [6.07, 6.45) is 2.97. The molecule has 1 heterocycles. The minimum atomic E-state index is -0.733. The predicted octanol–water partition coefficient (Wildman–Crippen LogP) is 4.72. The molecule has 194 valence electrons. The Hall–Kier alpha value is -2.67. The van der Waals surface area contributed by atoms with Gasteiger partial charge in [0.1, 0.15) is 11.9 Å². The van der Waals surface area contributed by atoms with E-state index in [1.165, 1.54) is 0 Å². The molecule has 3 saturated carbocycles. The molecule has 1 aromatic rings. The topological polar surface area (TPSA) is 110 Å². The van der Waals surface area contributed by atoms with Gasteiger partial charge in [-0.25, -0.2) is 9.69 Å². The lowest BCUT2D eigenvalue weighted by atomic mass is 9.44. The first-order chi connectivity index (χ1) is 16.9. The molecule has 3 N–H and O–H groups in total. The molecule has 2 amide bonds. The number of nitrogen functional groups attached to an aromatic ring is 1. The van der Waals surface area contributed by atoms with E-state index >= 15 is 0 Å². The largest absolute Gasteiger partial charge is 0.445 e. The number of ketones is 1. The molecule has 1 aromatic carbocycles. The van der Waals surface area contributed by atoms with E-state index in [9.17, 15) is 19.5 Å². The van der Waals surface area contributed by atoms with E-state index in [4.69, 9.17) is 10.5 Å². The van der Waals surface area contributed by atoms with Crippen molar-refractivity contribution in [2.24, 2.45) is 34.0 Å². The van der Waals surface area contributed by atoms with Gasteiger partial charge in [0.05, 0.1) is 12.6 Å². The molecular formula is C29H38N2O5. The normalized spacial score (nSPS) is 41.8. The summed E-state index contributed by atoms with van der Waals surface area (Å²) < 4.78 is 6.26. The molecule has 3 aliphatic carbocycles. The number of carbonyl (C=O) groups is 3. The Morgan fingerprint density at radius 3 is 2.67 bits per heavy atom. The highest BCUT2D eigenvalue weighted by molar-refractivity contribution is 6.06. The van der Waals surface area contributed by atoms with Gasteiger partial charge in [-0.1, -0.05) is 33.8 Å². The maximum Gasteiger partial charge on any atom is 0.417 e. The number of imide groups is 1. The number of Topliss-reactive ketones (excluding diaryl/α,β-unsaturated/α-hetero) is 1. The van der Waals surface area contributed by atoms with Crippen molar-refractivity contribution < 1.29 is 24.2 Å². The smallest absolute Gasteiger partial charge is 0.417 e. The van der Waals surface area contributed by atoms with Crippen LogP contribution >= 0.6 is 0 Å². The number of benzene rings is 1. The number of aliphatic hydroxyl groups excluding tert-OH is 1. The lowest BCUT2D eigenvalue weighted by molar-refractivity contribution is -0.192. The Kier molecular flexibility index (Phi) is 5.67. The van der Waals surface area contributed by atoms with E-state index in [1.54, 1.807) is 24.3 Å². The highest BCUT2D eigenvalue weighted by Crippen LogP contribution is 2.68. The van der Waals surface area contributed by atoms with Gasteiger partial charge in [0.15, 0.2) is 0 Å². The van der Waals surface area contributed by atoms with Crippen molar-refractivity contribution in [3.05, 3.63) is 42.0 Å². The van der Waals surface area contributed by atoms with E-state index in [-0.39, 0.29) is 35.5 Å². The average molecular weight is 495 g/mol. The number of aliphatic hydroxyl groups is 1. The third-order valence-corrected chi connectivity index (χ3v) is 10.7. The molecule has 0 aromatic heterocycles. The van der Waals surface area contributed by atoms with Crippen LogP contribution in [0.4, 0.5) is 10.5 Å². The average Bonchev–Trinajstić information content (AvgIpc) is 3.37. The number of hydrogen-bond acceptors (Lipinski definition) is 6. The second kappa shape index (κ2) is 8.17. The Morgan fingerprint density at radius 2 is 1.97 bits per heavy atom. The first kappa shape index (κ1) is 25.0. The summed E-state index contributed by atoms with van der Waals surface area (Å²) in [4.78, 5) is 41.3. The molecule has 0 saturated heterocycles. The molecule has 8 atom stereocenters. The summed E-state index contributed by atoms with van der Waals surface area (Å²) in [5, 5.41) is 11.6. The number of hydrogen-bond donors (Lipinski definition) is 2. The van der Waals surface area contributed by atoms with Gasteiger partial charge in [-0.05, 0) is 66.7 Å². The number of ether oxygens (including phenoxy) is 1. The maximum atomic E-state index is 13.6. The number of fused-ring (bicyclic) bond motifs is 1. The summed E-state index contributed by atoms with van der Waals surface area (Å²) in [5.41, 5.74) is 5.86. The van der Waals surface area contributed by atoms with Crippen LogP contribution in [0.15, 0.2) is 30.9 Å². The van der Waals surface area contributed by atoms with Crippen LogP contribution in [0.3, 0.4) is 0 Å². The first-order valence-electron chi connectivity index (χ1n) is 13.1. The second-order valence-electron chi connectivity index (χ2n) is 12.3. The highest BCUT2D eigenvalue weighted by Gasteiger charge is 2.68. The highest BCUT2D eigenvalue weighted by atomic mass is 16.6. The molecule has 7 nitrogen and oxygen atoms in total. The van der Waals surface area contributed by atoms with Crippen molar-refractivity contribution in [2.45, 2.75) is 78.6 Å². The minimum absolute atomic E-state index is 0.0967. The van der Waals surface area contributed by atoms with Crippen LogP contribution in [0.5, 0.6) is 0 Å². The molecule has 0 radical (unpaired) electrons. The Labute approximate surface area is 213 Å². The number of anilines is 1. The fourth-order valence-electron chi connectivity index (χ4n) is 8.17. The summed E-state index contributed by atoms with van der Waals surface area (Å²) in [5.74, 6) is -0.490. The van der Waals surface area contributed by atoms with Crippen LogP contribution < -0.4 is 5.73 Å². The number of rotatable bonds is 2. The van der Waals surface area contributed by atoms with Crippen molar-refractivity contribution in [1.29, 1.82) is 0 Å².